The smallest absolute Gasteiger partial charge is 0.339 e. The summed E-state index contributed by atoms with van der Waals surface area (Å²) in [6, 6.07) is 10.0. The molecule has 0 radical (unpaired) electrons. The fourth-order valence-electron chi connectivity index (χ4n) is 3.86. The van der Waals surface area contributed by atoms with Crippen molar-refractivity contribution < 1.29 is 32.3 Å². The molecule has 0 aliphatic carbocycles. The summed E-state index contributed by atoms with van der Waals surface area (Å²) in [6.45, 7) is 3.24. The van der Waals surface area contributed by atoms with Crippen molar-refractivity contribution in [3.63, 3.8) is 0 Å². The number of amides is 2. The highest BCUT2D eigenvalue weighted by Crippen LogP contribution is 2.29. The van der Waals surface area contributed by atoms with Crippen molar-refractivity contribution in [3.8, 4) is 0 Å². The first-order valence-corrected chi connectivity index (χ1v) is 12.0. The minimum absolute atomic E-state index is 0.0429. The van der Waals surface area contributed by atoms with Gasteiger partial charge < -0.3 is 9.47 Å². The lowest BCUT2D eigenvalue weighted by Crippen LogP contribution is -2.48. The minimum atomic E-state index is -4.00. The van der Waals surface area contributed by atoms with E-state index < -0.39 is 34.5 Å². The van der Waals surface area contributed by atoms with E-state index in [2.05, 4.69) is 0 Å². The molecule has 0 spiro atoms. The van der Waals surface area contributed by atoms with Crippen molar-refractivity contribution in [1.29, 1.82) is 0 Å². The number of halogens is 1. The Labute approximate surface area is 195 Å². The molecule has 2 aliphatic heterocycles. The number of hydrogen-bond acceptors (Lipinski definition) is 7. The number of benzene rings is 2. The number of imide groups is 1. The minimum Gasteiger partial charge on any atom is -0.440 e. The predicted octanol–water partition coefficient (Wildman–Crippen LogP) is 2.55. The number of rotatable bonds is 5. The van der Waals surface area contributed by atoms with Gasteiger partial charge in [0.1, 0.15) is 4.90 Å². The zero-order valence-electron chi connectivity index (χ0n) is 17.9. The van der Waals surface area contributed by atoms with Crippen molar-refractivity contribution >= 4 is 39.4 Å². The Hall–Kier alpha value is -2.79. The SMILES string of the molecule is C[C@H]1CN(S(=O)(=O)c2cc(C(=O)OCN3C(=O)c4ccccc4C3=O)ccc2Cl)C[C@H](C)O1. The molecule has 1 fully saturated rings. The highest BCUT2D eigenvalue weighted by Gasteiger charge is 2.36. The van der Waals surface area contributed by atoms with Gasteiger partial charge in [-0.25, -0.2) is 18.1 Å². The Bertz CT molecular complexity index is 1200. The van der Waals surface area contributed by atoms with Crippen LogP contribution in [0.15, 0.2) is 47.4 Å². The highest BCUT2D eigenvalue weighted by molar-refractivity contribution is 7.89. The third kappa shape index (κ3) is 4.39. The van der Waals surface area contributed by atoms with Gasteiger partial charge in [0.25, 0.3) is 11.8 Å². The van der Waals surface area contributed by atoms with Crippen LogP contribution in [0.4, 0.5) is 0 Å². The second-order valence-corrected chi connectivity index (χ2v) is 10.2. The fourth-order valence-corrected chi connectivity index (χ4v) is 5.95. The summed E-state index contributed by atoms with van der Waals surface area (Å²) >= 11 is 6.16. The van der Waals surface area contributed by atoms with Gasteiger partial charge in [-0.1, -0.05) is 23.7 Å². The standard InChI is InChI=1S/C22H21ClN2O7S/c1-13-10-24(11-14(2)32-13)33(29,30)19-9-15(7-8-18(19)23)22(28)31-12-25-20(26)16-5-3-4-6-17(16)21(25)27/h3-9,13-14H,10-12H2,1-2H3/t13-,14-/m0/s1. The molecule has 0 N–H and O–H groups in total. The maximum absolute atomic E-state index is 13.2. The summed E-state index contributed by atoms with van der Waals surface area (Å²) in [5.74, 6) is -2.04. The van der Waals surface area contributed by atoms with E-state index in [1.165, 1.54) is 28.6 Å². The van der Waals surface area contributed by atoms with E-state index in [4.69, 9.17) is 21.1 Å². The molecule has 0 aromatic heterocycles. The molecule has 2 amide bonds. The summed E-state index contributed by atoms with van der Waals surface area (Å²) < 4.78 is 38.4. The van der Waals surface area contributed by atoms with Crippen LogP contribution in [0, 0.1) is 0 Å². The van der Waals surface area contributed by atoms with Crippen LogP contribution < -0.4 is 0 Å². The first-order valence-electron chi connectivity index (χ1n) is 10.2. The number of morpholine rings is 1. The number of sulfonamides is 1. The zero-order chi connectivity index (χ0) is 23.9. The largest absolute Gasteiger partial charge is 0.440 e. The molecular weight excluding hydrogens is 472 g/mol. The molecule has 4 rings (SSSR count). The molecule has 0 saturated carbocycles. The lowest BCUT2D eigenvalue weighted by molar-refractivity contribution is -0.0440. The van der Waals surface area contributed by atoms with Gasteiger partial charge in [0.05, 0.1) is 33.9 Å². The first kappa shape index (κ1) is 23.4. The van der Waals surface area contributed by atoms with Crippen LogP contribution in [0.3, 0.4) is 0 Å². The van der Waals surface area contributed by atoms with Gasteiger partial charge in [0.15, 0.2) is 6.73 Å². The van der Waals surface area contributed by atoms with E-state index in [9.17, 15) is 22.8 Å². The van der Waals surface area contributed by atoms with Crippen LogP contribution in [-0.4, -0.2) is 67.4 Å². The van der Waals surface area contributed by atoms with E-state index >= 15 is 0 Å². The van der Waals surface area contributed by atoms with Crippen LogP contribution in [0.5, 0.6) is 0 Å². The molecule has 2 heterocycles. The molecule has 9 nitrogen and oxygen atoms in total. The molecule has 1 saturated heterocycles. The number of carbonyl (C=O) groups excluding carboxylic acids is 3. The maximum Gasteiger partial charge on any atom is 0.339 e. The Morgan fingerprint density at radius 3 is 2.21 bits per heavy atom. The lowest BCUT2D eigenvalue weighted by Gasteiger charge is -2.34. The molecule has 0 unspecified atom stereocenters. The average molecular weight is 493 g/mol. The van der Waals surface area contributed by atoms with Crippen LogP contribution in [0.1, 0.15) is 44.9 Å². The summed E-state index contributed by atoms with van der Waals surface area (Å²) in [7, 11) is -4.00. The number of nitrogens with zero attached hydrogens (tertiary/aromatic N) is 2. The molecule has 2 aliphatic rings. The van der Waals surface area contributed by atoms with E-state index in [-0.39, 0.29) is 51.9 Å². The van der Waals surface area contributed by atoms with Crippen LogP contribution in [0.25, 0.3) is 0 Å². The fraction of sp³-hybridized carbons (Fsp3) is 0.318. The lowest BCUT2D eigenvalue weighted by atomic mass is 10.1. The van der Waals surface area contributed by atoms with Gasteiger partial charge in [-0.15, -0.1) is 0 Å². The summed E-state index contributed by atoms with van der Waals surface area (Å²) in [5.41, 5.74) is 0.378. The summed E-state index contributed by atoms with van der Waals surface area (Å²) in [5, 5.41) is -0.0429. The Morgan fingerprint density at radius 1 is 1.06 bits per heavy atom. The van der Waals surface area contributed by atoms with Gasteiger partial charge in [-0.05, 0) is 44.2 Å². The third-order valence-electron chi connectivity index (χ3n) is 5.37. The van der Waals surface area contributed by atoms with Crippen molar-refractivity contribution in [2.75, 3.05) is 19.8 Å². The van der Waals surface area contributed by atoms with Crippen LogP contribution in [0.2, 0.25) is 5.02 Å². The second kappa shape index (κ2) is 8.86. The maximum atomic E-state index is 13.2. The molecular formula is C22H21ClN2O7S. The van der Waals surface area contributed by atoms with Gasteiger partial charge in [-0.3, -0.25) is 9.59 Å². The predicted molar refractivity (Wildman–Crippen MR) is 117 cm³/mol. The Morgan fingerprint density at radius 2 is 1.64 bits per heavy atom. The molecule has 0 bridgehead atoms. The Balaban J connectivity index is 1.51. The highest BCUT2D eigenvalue weighted by atomic mass is 35.5. The number of esters is 1. The zero-order valence-corrected chi connectivity index (χ0v) is 19.4. The summed E-state index contributed by atoms with van der Waals surface area (Å²) in [4.78, 5) is 38.0. The number of hydrogen-bond donors (Lipinski definition) is 0. The average Bonchev–Trinajstić information content (AvgIpc) is 3.01. The van der Waals surface area contributed by atoms with Crippen LogP contribution in [-0.2, 0) is 19.5 Å². The van der Waals surface area contributed by atoms with Crippen molar-refractivity contribution in [3.05, 3.63) is 64.2 Å². The second-order valence-electron chi connectivity index (χ2n) is 7.87. The van der Waals surface area contributed by atoms with Gasteiger partial charge >= 0.3 is 5.97 Å². The van der Waals surface area contributed by atoms with E-state index in [0.717, 1.165) is 11.0 Å². The first-order chi connectivity index (χ1) is 15.6. The van der Waals surface area contributed by atoms with E-state index in [1.54, 1.807) is 26.0 Å². The van der Waals surface area contributed by atoms with Crippen LogP contribution >= 0.6 is 11.6 Å². The number of fused-ring (bicyclic) bond motifs is 1. The topological polar surface area (TPSA) is 110 Å². The molecule has 2 aromatic carbocycles. The van der Waals surface area contributed by atoms with Gasteiger partial charge in [0, 0.05) is 13.1 Å². The summed E-state index contributed by atoms with van der Waals surface area (Å²) in [6.07, 6.45) is -0.592. The molecule has 174 valence electrons. The number of carbonyl (C=O) groups is 3. The van der Waals surface area contributed by atoms with Gasteiger partial charge in [0.2, 0.25) is 10.0 Å². The third-order valence-corrected chi connectivity index (χ3v) is 7.69. The van der Waals surface area contributed by atoms with Gasteiger partial charge in [-0.2, -0.15) is 4.31 Å². The number of ether oxygens (including phenoxy) is 2. The normalized spacial score (nSPS) is 21.2. The molecule has 2 atom stereocenters. The van der Waals surface area contributed by atoms with E-state index in [1.807, 2.05) is 0 Å². The van der Waals surface area contributed by atoms with Crippen molar-refractivity contribution in [2.45, 2.75) is 31.0 Å². The Kier molecular flexibility index (Phi) is 6.28. The van der Waals surface area contributed by atoms with Crippen molar-refractivity contribution in [2.24, 2.45) is 0 Å². The molecule has 2 aromatic rings. The van der Waals surface area contributed by atoms with Crippen molar-refractivity contribution in [1.82, 2.24) is 9.21 Å². The quantitative estimate of drug-likeness (QED) is 0.466. The van der Waals surface area contributed by atoms with E-state index in [0.29, 0.717) is 0 Å². The molecule has 33 heavy (non-hydrogen) atoms. The monoisotopic (exact) mass is 492 g/mol. The molecule has 11 heteroatoms.